The molecule has 2 aromatic heterocycles. The maximum Gasteiger partial charge on any atom is 0.298 e. The average molecular weight is 418 g/mol. The predicted molar refractivity (Wildman–Crippen MR) is 110 cm³/mol. The molecule has 6 rings (SSSR count). The minimum Gasteiger partial charge on any atom is -0.423 e. The predicted octanol–water partition coefficient (Wildman–Crippen LogP) is 2.76. The SMILES string of the molecule is O=C(c1ccccc1-n1nccn1)N1CC2CN(c3nc4ccc(F)cc4o3)CC2C1. The summed E-state index contributed by atoms with van der Waals surface area (Å²) in [5.41, 5.74) is 2.37. The molecule has 0 aliphatic carbocycles. The van der Waals surface area contributed by atoms with E-state index >= 15 is 0 Å². The molecule has 2 aliphatic rings. The summed E-state index contributed by atoms with van der Waals surface area (Å²) in [6.45, 7) is 2.86. The molecule has 2 unspecified atom stereocenters. The Kier molecular flexibility index (Phi) is 4.02. The fourth-order valence-electron chi connectivity index (χ4n) is 4.68. The van der Waals surface area contributed by atoms with Crippen LogP contribution in [0.1, 0.15) is 10.4 Å². The van der Waals surface area contributed by atoms with Crippen molar-refractivity contribution in [3.8, 4) is 5.69 Å². The van der Waals surface area contributed by atoms with Crippen molar-refractivity contribution >= 4 is 23.0 Å². The highest BCUT2D eigenvalue weighted by atomic mass is 19.1. The van der Waals surface area contributed by atoms with Crippen LogP contribution in [0.4, 0.5) is 10.4 Å². The summed E-state index contributed by atoms with van der Waals surface area (Å²) < 4.78 is 19.2. The fourth-order valence-corrected chi connectivity index (χ4v) is 4.68. The van der Waals surface area contributed by atoms with Gasteiger partial charge in [-0.3, -0.25) is 4.79 Å². The second-order valence-electron chi connectivity index (χ2n) is 8.08. The molecule has 2 aliphatic heterocycles. The first kappa shape index (κ1) is 18.1. The van der Waals surface area contributed by atoms with Crippen LogP contribution in [0.25, 0.3) is 16.8 Å². The van der Waals surface area contributed by atoms with Crippen molar-refractivity contribution in [2.45, 2.75) is 0 Å². The zero-order valence-electron chi connectivity index (χ0n) is 16.6. The van der Waals surface area contributed by atoms with E-state index in [4.69, 9.17) is 4.42 Å². The third-order valence-electron chi connectivity index (χ3n) is 6.15. The number of aromatic nitrogens is 4. The highest BCUT2D eigenvalue weighted by Crippen LogP contribution is 2.35. The molecule has 0 radical (unpaired) electrons. The maximum atomic E-state index is 13.4. The number of amides is 1. The van der Waals surface area contributed by atoms with E-state index in [1.807, 2.05) is 29.2 Å². The van der Waals surface area contributed by atoms with Gasteiger partial charge in [-0.15, -0.1) is 0 Å². The quantitative estimate of drug-likeness (QED) is 0.509. The summed E-state index contributed by atoms with van der Waals surface area (Å²) in [5.74, 6) is 0.329. The molecular weight excluding hydrogens is 399 g/mol. The molecule has 4 heterocycles. The van der Waals surface area contributed by atoms with Crippen molar-refractivity contribution in [1.29, 1.82) is 0 Å². The topological polar surface area (TPSA) is 80.3 Å². The summed E-state index contributed by atoms with van der Waals surface area (Å²) in [6.07, 6.45) is 3.19. The van der Waals surface area contributed by atoms with E-state index in [2.05, 4.69) is 20.1 Å². The third-order valence-corrected chi connectivity index (χ3v) is 6.15. The van der Waals surface area contributed by atoms with Crippen LogP contribution in [0, 0.1) is 17.7 Å². The molecule has 0 N–H and O–H groups in total. The Morgan fingerprint density at radius 2 is 1.74 bits per heavy atom. The van der Waals surface area contributed by atoms with E-state index < -0.39 is 0 Å². The van der Waals surface area contributed by atoms with Crippen LogP contribution in [-0.4, -0.2) is 57.0 Å². The van der Waals surface area contributed by atoms with Gasteiger partial charge in [-0.1, -0.05) is 12.1 Å². The van der Waals surface area contributed by atoms with Crippen molar-refractivity contribution in [3.63, 3.8) is 0 Å². The van der Waals surface area contributed by atoms with Gasteiger partial charge in [0.05, 0.1) is 23.6 Å². The Balaban J connectivity index is 1.19. The van der Waals surface area contributed by atoms with Crippen molar-refractivity contribution in [2.75, 3.05) is 31.1 Å². The zero-order valence-corrected chi connectivity index (χ0v) is 16.6. The van der Waals surface area contributed by atoms with Crippen LogP contribution < -0.4 is 4.90 Å². The number of halogens is 1. The van der Waals surface area contributed by atoms with E-state index in [1.165, 1.54) is 16.9 Å². The highest BCUT2D eigenvalue weighted by molar-refractivity contribution is 5.98. The number of para-hydroxylation sites is 1. The minimum atomic E-state index is -0.340. The summed E-state index contributed by atoms with van der Waals surface area (Å²) in [6, 6.07) is 12.3. The lowest BCUT2D eigenvalue weighted by molar-refractivity contribution is 0.0782. The van der Waals surface area contributed by atoms with Gasteiger partial charge < -0.3 is 14.2 Å². The third kappa shape index (κ3) is 3.04. The lowest BCUT2D eigenvalue weighted by atomic mass is 10.0. The lowest BCUT2D eigenvalue weighted by Gasteiger charge is -2.21. The van der Waals surface area contributed by atoms with Crippen molar-refractivity contribution in [3.05, 3.63) is 66.2 Å². The molecule has 1 amide bonds. The molecule has 0 saturated carbocycles. The van der Waals surface area contributed by atoms with Crippen molar-refractivity contribution in [1.82, 2.24) is 24.9 Å². The molecule has 0 spiro atoms. The molecular formula is C22H19FN6O2. The molecule has 2 fully saturated rings. The molecule has 31 heavy (non-hydrogen) atoms. The van der Waals surface area contributed by atoms with Gasteiger partial charge in [0.2, 0.25) is 0 Å². The first-order valence-corrected chi connectivity index (χ1v) is 10.2. The first-order valence-electron chi connectivity index (χ1n) is 10.2. The van der Waals surface area contributed by atoms with Gasteiger partial charge in [0.15, 0.2) is 5.58 Å². The Morgan fingerprint density at radius 3 is 2.52 bits per heavy atom. The summed E-state index contributed by atoms with van der Waals surface area (Å²) >= 11 is 0. The van der Waals surface area contributed by atoms with Gasteiger partial charge >= 0.3 is 0 Å². The maximum absolute atomic E-state index is 13.4. The molecule has 9 heteroatoms. The monoisotopic (exact) mass is 418 g/mol. The number of oxazole rings is 1. The Hall–Kier alpha value is -3.75. The Labute approximate surface area is 176 Å². The largest absolute Gasteiger partial charge is 0.423 e. The highest BCUT2D eigenvalue weighted by Gasteiger charge is 2.43. The fraction of sp³-hybridized carbons (Fsp3) is 0.273. The number of carbonyl (C=O) groups excluding carboxylic acids is 1. The van der Waals surface area contributed by atoms with Gasteiger partial charge in [-0.25, -0.2) is 4.39 Å². The van der Waals surface area contributed by atoms with Crippen molar-refractivity contribution < 1.29 is 13.6 Å². The number of hydrogen-bond acceptors (Lipinski definition) is 6. The molecule has 0 bridgehead atoms. The number of fused-ring (bicyclic) bond motifs is 2. The van der Waals surface area contributed by atoms with Crippen molar-refractivity contribution in [2.24, 2.45) is 11.8 Å². The minimum absolute atomic E-state index is 0.00816. The number of nitrogens with zero attached hydrogens (tertiary/aromatic N) is 6. The molecule has 156 valence electrons. The van der Waals surface area contributed by atoms with Crippen LogP contribution in [0.3, 0.4) is 0 Å². The normalized spacial score (nSPS) is 20.5. The van der Waals surface area contributed by atoms with Crippen LogP contribution in [-0.2, 0) is 0 Å². The average Bonchev–Trinajstić information content (AvgIpc) is 3.55. The summed E-state index contributed by atoms with van der Waals surface area (Å²) in [5, 5.41) is 8.34. The number of anilines is 1. The molecule has 2 saturated heterocycles. The Morgan fingerprint density at radius 1 is 1.00 bits per heavy atom. The molecule has 4 aromatic rings. The smallest absolute Gasteiger partial charge is 0.298 e. The second-order valence-corrected chi connectivity index (χ2v) is 8.08. The van der Waals surface area contributed by atoms with Crippen LogP contribution in [0.5, 0.6) is 0 Å². The second kappa shape index (κ2) is 6.90. The number of carbonyl (C=O) groups is 1. The van der Waals surface area contributed by atoms with Gasteiger partial charge in [0, 0.05) is 44.1 Å². The number of hydrogen-bond donors (Lipinski definition) is 0. The van der Waals surface area contributed by atoms with Gasteiger partial charge in [0.1, 0.15) is 11.3 Å². The number of rotatable bonds is 3. The lowest BCUT2D eigenvalue weighted by Crippen LogP contribution is -2.34. The molecule has 2 aromatic carbocycles. The summed E-state index contributed by atoms with van der Waals surface area (Å²) in [7, 11) is 0. The molecule has 2 atom stereocenters. The van der Waals surface area contributed by atoms with Gasteiger partial charge in [-0.2, -0.15) is 20.0 Å². The van der Waals surface area contributed by atoms with Crippen LogP contribution in [0.15, 0.2) is 59.3 Å². The summed E-state index contributed by atoms with van der Waals surface area (Å²) in [4.78, 5) is 23.3. The zero-order chi connectivity index (χ0) is 20.9. The van der Waals surface area contributed by atoms with E-state index in [9.17, 15) is 9.18 Å². The van der Waals surface area contributed by atoms with Gasteiger partial charge in [-0.05, 0) is 24.3 Å². The number of benzene rings is 2. The van der Waals surface area contributed by atoms with Crippen LogP contribution in [0.2, 0.25) is 0 Å². The first-order chi connectivity index (χ1) is 15.2. The van der Waals surface area contributed by atoms with E-state index in [0.29, 0.717) is 53.3 Å². The van der Waals surface area contributed by atoms with Crippen LogP contribution >= 0.6 is 0 Å². The van der Waals surface area contributed by atoms with E-state index in [-0.39, 0.29) is 11.7 Å². The van der Waals surface area contributed by atoms with E-state index in [0.717, 1.165) is 13.1 Å². The number of likely N-dealkylation sites (tertiary alicyclic amines) is 1. The van der Waals surface area contributed by atoms with Gasteiger partial charge in [0.25, 0.3) is 11.9 Å². The molecule has 8 nitrogen and oxygen atoms in total. The standard InChI is InChI=1S/C22H19FN6O2/c23-16-5-6-18-20(9-16)31-22(26-18)28-12-14-10-27(11-15(14)13-28)21(30)17-3-1-2-4-19(17)29-24-7-8-25-29/h1-9,14-15H,10-13H2. The van der Waals surface area contributed by atoms with E-state index in [1.54, 1.807) is 18.5 Å². The Bertz CT molecular complexity index is 1260.